The van der Waals surface area contributed by atoms with Crippen LogP contribution in [0.4, 0.5) is 8.78 Å². The molecule has 1 aliphatic rings. The summed E-state index contributed by atoms with van der Waals surface area (Å²) in [5.74, 6) is -2.60. The van der Waals surface area contributed by atoms with Gasteiger partial charge in [0.05, 0.1) is 11.0 Å². The maximum absolute atomic E-state index is 12.9. The van der Waals surface area contributed by atoms with Gasteiger partial charge in [-0.25, -0.2) is 8.78 Å². The normalized spacial score (nSPS) is 19.2. The number of hydrogen-bond donors (Lipinski definition) is 0. The molecule has 0 amide bonds. The fraction of sp³-hybridized carbons (Fsp3) is 0.333. The summed E-state index contributed by atoms with van der Waals surface area (Å²) in [7, 11) is 0. The smallest absolute Gasteiger partial charge is 0.249 e. The minimum Gasteiger partial charge on any atom is -0.255 e. The summed E-state index contributed by atoms with van der Waals surface area (Å²) in [6, 6.07) is 3.64. The van der Waals surface area contributed by atoms with Gasteiger partial charge in [0.1, 0.15) is 0 Å². The van der Waals surface area contributed by atoms with Crippen molar-refractivity contribution in [1.82, 2.24) is 9.97 Å². The van der Waals surface area contributed by atoms with Crippen molar-refractivity contribution >= 4 is 27.0 Å². The molecule has 0 bridgehead atoms. The summed E-state index contributed by atoms with van der Waals surface area (Å²) in [5, 5.41) is 0. The molecule has 3 rings (SSSR count). The first kappa shape index (κ1) is 11.0. The molecule has 88 valence electrons. The zero-order chi connectivity index (χ0) is 12.0. The molecule has 0 unspecified atom stereocenters. The minimum absolute atomic E-state index is 0.0795. The molecule has 1 saturated carbocycles. The van der Waals surface area contributed by atoms with Crippen LogP contribution in [-0.4, -0.2) is 15.9 Å². The molecule has 2 nitrogen and oxygen atoms in total. The fourth-order valence-corrected chi connectivity index (χ4v) is 2.56. The van der Waals surface area contributed by atoms with Gasteiger partial charge in [0.2, 0.25) is 5.92 Å². The Balaban J connectivity index is 2.06. The predicted octanol–water partition coefficient (Wildman–Crippen LogP) is 3.91. The number of halogens is 3. The number of aromatic nitrogens is 2. The molecule has 0 atom stereocenters. The number of alkyl halides is 2. The lowest BCUT2D eigenvalue weighted by Crippen LogP contribution is -2.33. The van der Waals surface area contributed by atoms with Crippen molar-refractivity contribution < 1.29 is 8.78 Å². The van der Waals surface area contributed by atoms with Crippen molar-refractivity contribution in [3.63, 3.8) is 0 Å². The van der Waals surface area contributed by atoms with Gasteiger partial charge < -0.3 is 0 Å². The SMILES string of the molecule is FC1(F)CC(c2ccnc3cc(Br)cnc23)C1. The summed E-state index contributed by atoms with van der Waals surface area (Å²) in [6.07, 6.45) is 3.17. The topological polar surface area (TPSA) is 25.8 Å². The summed E-state index contributed by atoms with van der Waals surface area (Å²) in [5.41, 5.74) is 2.36. The quantitative estimate of drug-likeness (QED) is 0.798. The molecule has 2 heterocycles. The van der Waals surface area contributed by atoms with Crippen molar-refractivity contribution in [2.45, 2.75) is 24.7 Å². The van der Waals surface area contributed by atoms with E-state index >= 15 is 0 Å². The van der Waals surface area contributed by atoms with Gasteiger partial charge in [-0.15, -0.1) is 0 Å². The molecule has 0 N–H and O–H groups in total. The fourth-order valence-electron chi connectivity index (χ4n) is 2.24. The molecule has 1 aliphatic carbocycles. The zero-order valence-corrected chi connectivity index (χ0v) is 10.4. The molecule has 17 heavy (non-hydrogen) atoms. The first-order valence-corrected chi connectivity index (χ1v) is 6.12. The maximum Gasteiger partial charge on any atom is 0.249 e. The van der Waals surface area contributed by atoms with Crippen molar-refractivity contribution in [2.24, 2.45) is 0 Å². The Morgan fingerprint density at radius 1 is 1.29 bits per heavy atom. The van der Waals surface area contributed by atoms with Crippen LogP contribution < -0.4 is 0 Å². The van der Waals surface area contributed by atoms with Gasteiger partial charge in [-0.2, -0.15) is 0 Å². The van der Waals surface area contributed by atoms with Crippen LogP contribution in [0.5, 0.6) is 0 Å². The second-order valence-corrected chi connectivity index (χ2v) is 5.30. The Hall–Kier alpha value is -1.10. The summed E-state index contributed by atoms with van der Waals surface area (Å²) in [6.45, 7) is 0. The Labute approximate surface area is 105 Å². The number of nitrogens with zero attached hydrogens (tertiary/aromatic N) is 2. The molecule has 2 aromatic rings. The van der Waals surface area contributed by atoms with E-state index in [1.54, 1.807) is 18.5 Å². The monoisotopic (exact) mass is 298 g/mol. The average molecular weight is 299 g/mol. The van der Waals surface area contributed by atoms with E-state index in [-0.39, 0.29) is 18.8 Å². The largest absolute Gasteiger partial charge is 0.255 e. The number of rotatable bonds is 1. The maximum atomic E-state index is 12.9. The standard InChI is InChI=1S/C12H9BrF2N2/c13-8-3-10-11(17-6-8)9(1-2-16-10)7-4-12(14,15)5-7/h1-3,6-7H,4-5H2. The van der Waals surface area contributed by atoms with E-state index in [2.05, 4.69) is 25.9 Å². The van der Waals surface area contributed by atoms with Gasteiger partial charge in [0.25, 0.3) is 0 Å². The highest BCUT2D eigenvalue weighted by Gasteiger charge is 2.46. The van der Waals surface area contributed by atoms with Crippen LogP contribution >= 0.6 is 15.9 Å². The van der Waals surface area contributed by atoms with Crippen LogP contribution in [0.1, 0.15) is 24.3 Å². The lowest BCUT2D eigenvalue weighted by atomic mass is 9.76. The summed E-state index contributed by atoms with van der Waals surface area (Å²) < 4.78 is 26.6. The van der Waals surface area contributed by atoms with Crippen LogP contribution in [0.2, 0.25) is 0 Å². The van der Waals surface area contributed by atoms with Crippen LogP contribution in [0.3, 0.4) is 0 Å². The lowest BCUT2D eigenvalue weighted by Gasteiger charge is -2.35. The van der Waals surface area contributed by atoms with E-state index in [0.29, 0.717) is 0 Å². The summed E-state index contributed by atoms with van der Waals surface area (Å²) >= 11 is 3.32. The second-order valence-electron chi connectivity index (χ2n) is 4.38. The van der Waals surface area contributed by atoms with Gasteiger partial charge in [-0.1, -0.05) is 0 Å². The Morgan fingerprint density at radius 3 is 2.76 bits per heavy atom. The number of fused-ring (bicyclic) bond motifs is 1. The number of pyridine rings is 2. The molecule has 0 aromatic carbocycles. The minimum atomic E-state index is -2.50. The van der Waals surface area contributed by atoms with Gasteiger partial charge in [-0.05, 0) is 39.5 Å². The van der Waals surface area contributed by atoms with Crippen LogP contribution in [-0.2, 0) is 0 Å². The van der Waals surface area contributed by atoms with E-state index in [1.165, 1.54) is 0 Å². The average Bonchev–Trinajstić information content (AvgIpc) is 2.24. The van der Waals surface area contributed by atoms with E-state index in [0.717, 1.165) is 21.1 Å². The van der Waals surface area contributed by atoms with Crippen molar-refractivity contribution in [3.8, 4) is 0 Å². The third-order valence-electron chi connectivity index (χ3n) is 3.11. The van der Waals surface area contributed by atoms with E-state index in [1.807, 2.05) is 6.07 Å². The van der Waals surface area contributed by atoms with Crippen LogP contribution in [0.25, 0.3) is 11.0 Å². The number of hydrogen-bond acceptors (Lipinski definition) is 2. The lowest BCUT2D eigenvalue weighted by molar-refractivity contribution is -0.0864. The highest BCUT2D eigenvalue weighted by molar-refractivity contribution is 9.10. The molecule has 0 saturated heterocycles. The Kier molecular flexibility index (Phi) is 2.40. The highest BCUT2D eigenvalue weighted by atomic mass is 79.9. The van der Waals surface area contributed by atoms with Gasteiger partial charge >= 0.3 is 0 Å². The van der Waals surface area contributed by atoms with Crippen LogP contribution in [0, 0.1) is 0 Å². The molecule has 1 fully saturated rings. The third-order valence-corrected chi connectivity index (χ3v) is 3.54. The van der Waals surface area contributed by atoms with E-state index in [4.69, 9.17) is 0 Å². The Bertz CT molecular complexity index is 578. The second kappa shape index (κ2) is 3.70. The van der Waals surface area contributed by atoms with Gasteiger partial charge in [0.15, 0.2) is 0 Å². The van der Waals surface area contributed by atoms with Crippen molar-refractivity contribution in [1.29, 1.82) is 0 Å². The van der Waals surface area contributed by atoms with E-state index in [9.17, 15) is 8.78 Å². The Morgan fingerprint density at radius 2 is 2.06 bits per heavy atom. The summed E-state index contributed by atoms with van der Waals surface area (Å²) in [4.78, 5) is 8.48. The van der Waals surface area contributed by atoms with E-state index < -0.39 is 5.92 Å². The molecule has 5 heteroatoms. The first-order chi connectivity index (χ1) is 8.05. The third kappa shape index (κ3) is 1.92. The highest BCUT2D eigenvalue weighted by Crippen LogP contribution is 2.49. The first-order valence-electron chi connectivity index (χ1n) is 5.33. The molecular weight excluding hydrogens is 290 g/mol. The van der Waals surface area contributed by atoms with Crippen molar-refractivity contribution in [2.75, 3.05) is 0 Å². The molecule has 0 radical (unpaired) electrons. The zero-order valence-electron chi connectivity index (χ0n) is 8.83. The molecule has 2 aromatic heterocycles. The van der Waals surface area contributed by atoms with Crippen molar-refractivity contribution in [3.05, 3.63) is 34.6 Å². The molecule has 0 aliphatic heterocycles. The van der Waals surface area contributed by atoms with Gasteiger partial charge in [-0.3, -0.25) is 9.97 Å². The molecule has 0 spiro atoms. The van der Waals surface area contributed by atoms with Crippen LogP contribution in [0.15, 0.2) is 29.0 Å². The van der Waals surface area contributed by atoms with Gasteiger partial charge in [0, 0.05) is 29.7 Å². The predicted molar refractivity (Wildman–Crippen MR) is 64.2 cm³/mol. The molecular formula is C12H9BrF2N2.